The van der Waals surface area contributed by atoms with Gasteiger partial charge in [0.05, 0.1) is 6.42 Å². The van der Waals surface area contributed by atoms with Crippen molar-refractivity contribution >= 4 is 23.3 Å². The maximum atomic E-state index is 12.4. The Morgan fingerprint density at radius 2 is 1.65 bits per heavy atom. The second kappa shape index (κ2) is 8.43. The summed E-state index contributed by atoms with van der Waals surface area (Å²) < 4.78 is 5.28. The van der Waals surface area contributed by atoms with Gasteiger partial charge in [0, 0.05) is 18.2 Å². The number of ketones is 1. The van der Waals surface area contributed by atoms with Crippen molar-refractivity contribution < 1.29 is 19.1 Å². The van der Waals surface area contributed by atoms with E-state index in [2.05, 4.69) is 5.32 Å². The molecule has 0 aliphatic rings. The molecule has 0 saturated carbocycles. The summed E-state index contributed by atoms with van der Waals surface area (Å²) in [7, 11) is 0. The van der Waals surface area contributed by atoms with Crippen molar-refractivity contribution in [2.75, 3.05) is 5.32 Å². The molecule has 0 saturated heterocycles. The third-order valence-electron chi connectivity index (χ3n) is 4.09. The predicted octanol–water partition coefficient (Wildman–Crippen LogP) is 3.62. The third-order valence-corrected chi connectivity index (χ3v) is 4.09. The first-order valence-corrected chi connectivity index (χ1v) is 8.43. The summed E-state index contributed by atoms with van der Waals surface area (Å²) in [5.74, 6) is -0.847. The zero-order valence-corrected chi connectivity index (χ0v) is 15.5. The van der Waals surface area contributed by atoms with Crippen molar-refractivity contribution in [1.29, 1.82) is 0 Å². The minimum absolute atomic E-state index is 0.0604. The van der Waals surface area contributed by atoms with E-state index >= 15 is 0 Å². The Kier molecular flexibility index (Phi) is 6.28. The number of aryl methyl sites for hydroxylation is 2. The Bertz CT molecular complexity index is 824. The summed E-state index contributed by atoms with van der Waals surface area (Å²) in [6, 6.07) is 12.3. The van der Waals surface area contributed by atoms with E-state index in [4.69, 9.17) is 4.74 Å². The van der Waals surface area contributed by atoms with Crippen LogP contribution < -0.4 is 5.32 Å². The Morgan fingerprint density at radius 3 is 2.23 bits per heavy atom. The highest BCUT2D eigenvalue weighted by Gasteiger charge is 2.20. The number of benzene rings is 2. The molecule has 26 heavy (non-hydrogen) atoms. The van der Waals surface area contributed by atoms with E-state index in [0.29, 0.717) is 11.3 Å². The zero-order chi connectivity index (χ0) is 19.3. The van der Waals surface area contributed by atoms with Crippen LogP contribution in [0.5, 0.6) is 0 Å². The molecular weight excluding hydrogens is 330 g/mol. The quantitative estimate of drug-likeness (QED) is 0.636. The van der Waals surface area contributed by atoms with Gasteiger partial charge in [0.15, 0.2) is 6.10 Å². The van der Waals surface area contributed by atoms with Crippen LogP contribution in [0.2, 0.25) is 0 Å². The fraction of sp³-hybridized carbons (Fsp3) is 0.286. The molecule has 0 aliphatic carbocycles. The van der Waals surface area contributed by atoms with Crippen LogP contribution in [-0.2, 0) is 20.7 Å². The first-order chi connectivity index (χ1) is 12.3. The van der Waals surface area contributed by atoms with E-state index in [1.165, 1.54) is 6.92 Å². The lowest BCUT2D eigenvalue weighted by molar-refractivity contribution is -0.145. The number of carbonyl (C=O) groups excluding carboxylic acids is 3. The maximum Gasteiger partial charge on any atom is 0.310 e. The van der Waals surface area contributed by atoms with Crippen LogP contribution in [0.25, 0.3) is 0 Å². The second-order valence-electron chi connectivity index (χ2n) is 6.35. The Morgan fingerprint density at radius 1 is 1.00 bits per heavy atom. The van der Waals surface area contributed by atoms with Crippen LogP contribution in [0.3, 0.4) is 0 Å². The number of nitrogens with one attached hydrogen (secondary N) is 1. The van der Waals surface area contributed by atoms with Crippen LogP contribution in [0, 0.1) is 13.8 Å². The predicted molar refractivity (Wildman–Crippen MR) is 100 cm³/mol. The van der Waals surface area contributed by atoms with Gasteiger partial charge in [-0.15, -0.1) is 0 Å². The summed E-state index contributed by atoms with van der Waals surface area (Å²) in [6.45, 7) is 6.92. The van der Waals surface area contributed by atoms with Gasteiger partial charge < -0.3 is 10.1 Å². The van der Waals surface area contributed by atoms with E-state index in [1.807, 2.05) is 26.0 Å². The lowest BCUT2D eigenvalue weighted by Crippen LogP contribution is -2.25. The minimum atomic E-state index is -0.844. The summed E-state index contributed by atoms with van der Waals surface area (Å²) in [4.78, 5) is 35.5. The highest BCUT2D eigenvalue weighted by molar-refractivity contribution is 6.00. The molecule has 0 radical (unpaired) electrons. The number of ether oxygens (including phenoxy) is 1. The van der Waals surface area contributed by atoms with Crippen molar-refractivity contribution in [3.8, 4) is 0 Å². The van der Waals surface area contributed by atoms with Crippen molar-refractivity contribution in [2.45, 2.75) is 40.2 Å². The van der Waals surface area contributed by atoms with E-state index in [9.17, 15) is 14.4 Å². The van der Waals surface area contributed by atoms with Gasteiger partial charge in [-0.2, -0.15) is 0 Å². The van der Waals surface area contributed by atoms with Crippen molar-refractivity contribution in [3.63, 3.8) is 0 Å². The summed E-state index contributed by atoms with van der Waals surface area (Å²) in [6.07, 6.45) is -0.784. The van der Waals surface area contributed by atoms with E-state index < -0.39 is 12.1 Å². The van der Waals surface area contributed by atoms with Crippen LogP contribution in [0.1, 0.15) is 40.9 Å². The highest BCUT2D eigenvalue weighted by Crippen LogP contribution is 2.14. The molecule has 0 aromatic heterocycles. The molecule has 0 fully saturated rings. The zero-order valence-electron chi connectivity index (χ0n) is 15.5. The summed E-state index contributed by atoms with van der Waals surface area (Å²) >= 11 is 0. The molecule has 1 amide bonds. The van der Waals surface area contributed by atoms with Gasteiger partial charge in [0.25, 0.3) is 0 Å². The van der Waals surface area contributed by atoms with E-state index in [0.717, 1.165) is 16.7 Å². The van der Waals surface area contributed by atoms with Crippen LogP contribution >= 0.6 is 0 Å². The van der Waals surface area contributed by atoms with Gasteiger partial charge in [-0.05, 0) is 55.7 Å². The van der Waals surface area contributed by atoms with Gasteiger partial charge in [0.1, 0.15) is 0 Å². The van der Waals surface area contributed by atoms with E-state index in [1.54, 1.807) is 37.3 Å². The average molecular weight is 353 g/mol. The van der Waals surface area contributed by atoms with E-state index in [-0.39, 0.29) is 18.1 Å². The minimum Gasteiger partial charge on any atom is -0.454 e. The molecule has 0 unspecified atom stereocenters. The molecule has 5 nitrogen and oxygen atoms in total. The molecule has 1 atom stereocenters. The lowest BCUT2D eigenvalue weighted by atomic mass is 10.0. The molecule has 0 heterocycles. The van der Waals surface area contributed by atoms with Crippen LogP contribution in [0.15, 0.2) is 42.5 Å². The fourth-order valence-electron chi connectivity index (χ4n) is 2.50. The number of hydrogen-bond acceptors (Lipinski definition) is 4. The van der Waals surface area contributed by atoms with Crippen molar-refractivity contribution in [1.82, 2.24) is 0 Å². The summed E-state index contributed by atoms with van der Waals surface area (Å²) in [5.41, 5.74) is 4.07. The van der Waals surface area contributed by atoms with Gasteiger partial charge in [0.2, 0.25) is 11.7 Å². The third kappa shape index (κ3) is 5.28. The number of anilines is 1. The number of esters is 1. The monoisotopic (exact) mass is 353 g/mol. The highest BCUT2D eigenvalue weighted by atomic mass is 16.5. The first-order valence-electron chi connectivity index (χ1n) is 8.43. The number of amides is 1. The standard InChI is InChI=1S/C21H23NO4/c1-13-5-8-18(11-14(13)2)21(25)15(3)26-20(24)12-17-6-9-19(10-7-17)22-16(4)23/h5-11,15H,12H2,1-4H3,(H,22,23)/t15-/m1/s1. The lowest BCUT2D eigenvalue weighted by Gasteiger charge is -2.13. The normalized spacial score (nSPS) is 11.5. The van der Waals surface area contributed by atoms with Crippen LogP contribution in [-0.4, -0.2) is 23.8 Å². The molecule has 5 heteroatoms. The SMILES string of the molecule is CC(=O)Nc1ccc(CC(=O)O[C@H](C)C(=O)c2ccc(C)c(C)c2)cc1. The van der Waals surface area contributed by atoms with Crippen LogP contribution in [0.4, 0.5) is 5.69 Å². The van der Waals surface area contributed by atoms with Crippen molar-refractivity contribution in [2.24, 2.45) is 0 Å². The Hall–Kier alpha value is -2.95. The first kappa shape index (κ1) is 19.4. The number of rotatable bonds is 6. The molecule has 2 rings (SSSR count). The van der Waals surface area contributed by atoms with Crippen molar-refractivity contribution in [3.05, 3.63) is 64.7 Å². The smallest absolute Gasteiger partial charge is 0.310 e. The number of carbonyl (C=O) groups is 3. The van der Waals surface area contributed by atoms with Gasteiger partial charge in [-0.25, -0.2) is 0 Å². The molecule has 1 N–H and O–H groups in total. The topological polar surface area (TPSA) is 72.5 Å². The Balaban J connectivity index is 1.94. The van der Waals surface area contributed by atoms with Gasteiger partial charge in [-0.1, -0.05) is 24.3 Å². The maximum absolute atomic E-state index is 12.4. The molecule has 136 valence electrons. The average Bonchev–Trinajstić information content (AvgIpc) is 2.58. The Labute approximate surface area is 153 Å². The molecule has 2 aromatic carbocycles. The fourth-order valence-corrected chi connectivity index (χ4v) is 2.50. The second-order valence-corrected chi connectivity index (χ2v) is 6.35. The molecule has 0 bridgehead atoms. The molecule has 0 spiro atoms. The number of Topliss-reactive ketones (excluding diaryl/α,β-unsaturated/α-hetero) is 1. The van der Waals surface area contributed by atoms with Gasteiger partial charge in [-0.3, -0.25) is 14.4 Å². The molecule has 2 aromatic rings. The summed E-state index contributed by atoms with van der Waals surface area (Å²) in [5, 5.41) is 2.66. The number of hydrogen-bond donors (Lipinski definition) is 1. The molecular formula is C21H23NO4. The largest absolute Gasteiger partial charge is 0.454 e. The molecule has 0 aliphatic heterocycles. The van der Waals surface area contributed by atoms with Gasteiger partial charge >= 0.3 is 5.97 Å².